The fourth-order valence-electron chi connectivity index (χ4n) is 3.08. The van der Waals surface area contributed by atoms with Crippen molar-refractivity contribution in [2.45, 2.75) is 39.5 Å². The van der Waals surface area contributed by atoms with Crippen LogP contribution in [-0.4, -0.2) is 41.1 Å². The van der Waals surface area contributed by atoms with Crippen LogP contribution in [-0.2, 0) is 11.3 Å². The van der Waals surface area contributed by atoms with Gasteiger partial charge in [0.25, 0.3) is 5.91 Å². The van der Waals surface area contributed by atoms with Gasteiger partial charge in [-0.2, -0.15) is 0 Å². The average molecular weight is 345 g/mol. The summed E-state index contributed by atoms with van der Waals surface area (Å²) in [5.74, 6) is -0.100. The van der Waals surface area contributed by atoms with E-state index in [4.69, 9.17) is 4.74 Å². The molecule has 1 aliphatic heterocycles. The molecule has 6 heteroatoms. The predicted octanol–water partition coefficient (Wildman–Crippen LogP) is 3.31. The van der Waals surface area contributed by atoms with Crippen LogP contribution in [0, 0.1) is 6.92 Å². The van der Waals surface area contributed by atoms with Crippen LogP contribution < -0.4 is 5.32 Å². The summed E-state index contributed by atoms with van der Waals surface area (Å²) in [5.41, 5.74) is 1.98. The highest BCUT2D eigenvalue weighted by Crippen LogP contribution is 2.22. The molecule has 1 saturated heterocycles. The van der Waals surface area contributed by atoms with E-state index in [9.17, 15) is 4.79 Å². The number of para-hydroxylation sites is 1. The maximum Gasteiger partial charge on any atom is 0.267 e. The summed E-state index contributed by atoms with van der Waals surface area (Å²) in [5, 5.41) is 3.92. The van der Waals surface area contributed by atoms with Crippen molar-refractivity contribution in [2.75, 3.05) is 18.4 Å². The number of carbonyl (C=O) groups excluding carboxylic acids is 1. The molecule has 0 radical (unpaired) electrons. The molecule has 0 bridgehead atoms. The van der Waals surface area contributed by atoms with Crippen LogP contribution in [0.4, 0.5) is 5.69 Å². The number of hydrogen-bond donors (Lipinski definition) is 1. The monoisotopic (exact) mass is 345 g/mol. The van der Waals surface area contributed by atoms with Crippen LogP contribution in [0.2, 0.25) is 0 Å². The second kappa shape index (κ2) is 7.42. The van der Waals surface area contributed by atoms with Crippen molar-refractivity contribution >= 4 is 22.9 Å². The highest BCUT2D eigenvalue weighted by molar-refractivity contribution is 7.13. The number of morpholine rings is 1. The molecule has 1 aromatic carbocycles. The molecule has 1 fully saturated rings. The van der Waals surface area contributed by atoms with Gasteiger partial charge in [-0.05, 0) is 32.4 Å². The fraction of sp³-hybridized carbons (Fsp3) is 0.444. The maximum absolute atomic E-state index is 12.4. The van der Waals surface area contributed by atoms with Gasteiger partial charge in [0.2, 0.25) is 0 Å². The molecule has 0 spiro atoms. The van der Waals surface area contributed by atoms with Gasteiger partial charge in [-0.1, -0.05) is 18.2 Å². The Balaban J connectivity index is 1.72. The molecule has 2 atom stereocenters. The molecular formula is C18H23N3O2S. The number of carbonyl (C=O) groups is 1. The Hall–Kier alpha value is -1.76. The second-order valence-corrected chi connectivity index (χ2v) is 7.54. The Morgan fingerprint density at radius 2 is 2.04 bits per heavy atom. The van der Waals surface area contributed by atoms with Crippen LogP contribution in [0.5, 0.6) is 0 Å². The van der Waals surface area contributed by atoms with Gasteiger partial charge in [0.05, 0.1) is 23.4 Å². The molecule has 1 amide bonds. The van der Waals surface area contributed by atoms with E-state index in [2.05, 4.69) is 35.1 Å². The fourth-order valence-corrected chi connectivity index (χ4v) is 3.76. The van der Waals surface area contributed by atoms with Gasteiger partial charge in [-0.3, -0.25) is 9.69 Å². The number of nitrogens with zero attached hydrogens (tertiary/aromatic N) is 2. The zero-order valence-electron chi connectivity index (χ0n) is 14.3. The van der Waals surface area contributed by atoms with Gasteiger partial charge in [0.1, 0.15) is 4.88 Å². The smallest absolute Gasteiger partial charge is 0.267 e. The molecule has 1 aromatic heterocycles. The third kappa shape index (κ3) is 4.20. The maximum atomic E-state index is 12.4. The third-order valence-electron chi connectivity index (χ3n) is 4.00. The van der Waals surface area contributed by atoms with E-state index in [1.54, 1.807) is 6.20 Å². The van der Waals surface area contributed by atoms with Crippen molar-refractivity contribution in [3.8, 4) is 0 Å². The number of thiazole rings is 1. The normalized spacial score (nSPS) is 21.6. The van der Waals surface area contributed by atoms with Crippen molar-refractivity contribution in [1.29, 1.82) is 0 Å². The lowest BCUT2D eigenvalue weighted by Crippen LogP contribution is -2.44. The molecule has 24 heavy (non-hydrogen) atoms. The summed E-state index contributed by atoms with van der Waals surface area (Å²) in [6.07, 6.45) is 2.09. The van der Waals surface area contributed by atoms with E-state index >= 15 is 0 Å². The SMILES string of the molecule is Cc1ncc(C(=O)Nc2ccccc2CN2C[C@@H](C)O[C@@H](C)C2)s1. The first kappa shape index (κ1) is 17.1. The van der Waals surface area contributed by atoms with E-state index in [0.29, 0.717) is 4.88 Å². The molecule has 2 aromatic rings. The zero-order valence-corrected chi connectivity index (χ0v) is 15.1. The number of benzene rings is 1. The van der Waals surface area contributed by atoms with Crippen LogP contribution in [0.25, 0.3) is 0 Å². The van der Waals surface area contributed by atoms with E-state index in [1.807, 2.05) is 25.1 Å². The van der Waals surface area contributed by atoms with Crippen molar-refractivity contribution in [2.24, 2.45) is 0 Å². The molecule has 0 unspecified atom stereocenters. The van der Waals surface area contributed by atoms with Crippen molar-refractivity contribution in [1.82, 2.24) is 9.88 Å². The first-order valence-electron chi connectivity index (χ1n) is 8.21. The summed E-state index contributed by atoms with van der Waals surface area (Å²) in [6.45, 7) is 8.71. The second-order valence-electron chi connectivity index (χ2n) is 6.31. The summed E-state index contributed by atoms with van der Waals surface area (Å²) in [7, 11) is 0. The third-order valence-corrected chi connectivity index (χ3v) is 4.91. The van der Waals surface area contributed by atoms with E-state index in [-0.39, 0.29) is 18.1 Å². The summed E-state index contributed by atoms with van der Waals surface area (Å²) in [4.78, 5) is 19.6. The van der Waals surface area contributed by atoms with Crippen molar-refractivity contribution < 1.29 is 9.53 Å². The first-order valence-corrected chi connectivity index (χ1v) is 9.02. The predicted molar refractivity (Wildman–Crippen MR) is 96.5 cm³/mol. The minimum atomic E-state index is -0.100. The van der Waals surface area contributed by atoms with E-state index in [0.717, 1.165) is 35.9 Å². The molecule has 1 N–H and O–H groups in total. The standard InChI is InChI=1S/C18H23N3O2S/c1-12-9-21(10-13(2)23-12)11-15-6-4-5-7-16(15)20-18(22)17-8-19-14(3)24-17/h4-8,12-13H,9-11H2,1-3H3,(H,20,22)/t12-,13+. The number of aryl methyl sites for hydroxylation is 1. The molecule has 128 valence electrons. The highest BCUT2D eigenvalue weighted by Gasteiger charge is 2.23. The molecule has 1 aliphatic rings. The largest absolute Gasteiger partial charge is 0.373 e. The topological polar surface area (TPSA) is 54.5 Å². The van der Waals surface area contributed by atoms with E-state index < -0.39 is 0 Å². The number of nitrogens with one attached hydrogen (secondary N) is 1. The van der Waals surface area contributed by atoms with Crippen LogP contribution >= 0.6 is 11.3 Å². The quantitative estimate of drug-likeness (QED) is 0.924. The van der Waals surface area contributed by atoms with Crippen molar-refractivity contribution in [3.05, 3.63) is 45.9 Å². The Bertz CT molecular complexity index is 706. The zero-order chi connectivity index (χ0) is 17.1. The molecular weight excluding hydrogens is 322 g/mol. The van der Waals surface area contributed by atoms with Gasteiger partial charge in [-0.25, -0.2) is 4.98 Å². The number of hydrogen-bond acceptors (Lipinski definition) is 5. The lowest BCUT2D eigenvalue weighted by Gasteiger charge is -2.35. The van der Waals surface area contributed by atoms with Crippen molar-refractivity contribution in [3.63, 3.8) is 0 Å². The highest BCUT2D eigenvalue weighted by atomic mass is 32.1. The molecule has 3 rings (SSSR count). The molecule has 5 nitrogen and oxygen atoms in total. The lowest BCUT2D eigenvalue weighted by atomic mass is 10.1. The van der Waals surface area contributed by atoms with Gasteiger partial charge < -0.3 is 10.1 Å². The van der Waals surface area contributed by atoms with E-state index in [1.165, 1.54) is 11.3 Å². The number of ether oxygens (including phenoxy) is 1. The molecule has 0 aliphatic carbocycles. The number of anilines is 1. The van der Waals surface area contributed by atoms with Crippen LogP contribution in [0.15, 0.2) is 30.5 Å². The first-order chi connectivity index (χ1) is 11.5. The molecule has 0 saturated carbocycles. The Morgan fingerprint density at radius 1 is 1.33 bits per heavy atom. The Labute approximate surface area is 146 Å². The summed E-state index contributed by atoms with van der Waals surface area (Å²) in [6, 6.07) is 7.98. The van der Waals surface area contributed by atoms with Gasteiger partial charge >= 0.3 is 0 Å². The lowest BCUT2D eigenvalue weighted by molar-refractivity contribution is -0.0704. The van der Waals surface area contributed by atoms with Gasteiger partial charge in [0.15, 0.2) is 0 Å². The number of amides is 1. The number of aromatic nitrogens is 1. The molecule has 2 heterocycles. The number of rotatable bonds is 4. The summed E-state index contributed by atoms with van der Waals surface area (Å²) >= 11 is 1.41. The summed E-state index contributed by atoms with van der Waals surface area (Å²) < 4.78 is 5.79. The van der Waals surface area contributed by atoms with Crippen LogP contribution in [0.1, 0.15) is 34.1 Å². The average Bonchev–Trinajstić information content (AvgIpc) is 2.95. The van der Waals surface area contributed by atoms with Gasteiger partial charge in [0, 0.05) is 25.3 Å². The van der Waals surface area contributed by atoms with Gasteiger partial charge in [-0.15, -0.1) is 11.3 Å². The minimum absolute atomic E-state index is 0.100. The Morgan fingerprint density at radius 3 is 2.71 bits per heavy atom. The minimum Gasteiger partial charge on any atom is -0.373 e. The van der Waals surface area contributed by atoms with Crippen LogP contribution in [0.3, 0.4) is 0 Å². The Kier molecular flexibility index (Phi) is 5.28.